The van der Waals surface area contributed by atoms with E-state index in [1.165, 1.54) is 11.7 Å². The minimum Gasteiger partial charge on any atom is -0.497 e. The molecule has 0 N–H and O–H groups in total. The molecule has 1 heterocycles. The van der Waals surface area contributed by atoms with E-state index in [1.807, 2.05) is 44.2 Å². The van der Waals surface area contributed by atoms with E-state index >= 15 is 0 Å². The highest BCUT2D eigenvalue weighted by Crippen LogP contribution is 2.25. The molecule has 0 spiro atoms. The minimum absolute atomic E-state index is 0.113. The second-order valence-corrected chi connectivity index (χ2v) is 7.58. The average molecular weight is 417 g/mol. The SMILES string of the molecule is COc1ccc(/C=c2\sc(=C(C#N)C#N)n(-c3ccc(C)cc3C)c2=O)c(OC)c1. The molecule has 1 aromatic heterocycles. The van der Waals surface area contributed by atoms with Crippen LogP contribution in [0.1, 0.15) is 16.7 Å². The van der Waals surface area contributed by atoms with Gasteiger partial charge in [-0.15, -0.1) is 11.3 Å². The standard InChI is InChI=1S/C23H19N3O3S/c1-14-5-8-19(15(2)9-14)26-22(27)21(30-23(26)17(12-24)13-25)10-16-6-7-18(28-3)11-20(16)29-4/h5-11H,1-4H3/b21-10-. The van der Waals surface area contributed by atoms with Gasteiger partial charge in [-0.3, -0.25) is 9.36 Å². The Bertz CT molecular complexity index is 1370. The summed E-state index contributed by atoms with van der Waals surface area (Å²) in [6.45, 7) is 3.86. The number of nitrogens with zero attached hydrogens (tertiary/aromatic N) is 3. The largest absolute Gasteiger partial charge is 0.497 e. The highest BCUT2D eigenvalue weighted by atomic mass is 32.1. The summed E-state index contributed by atoms with van der Waals surface area (Å²) in [7, 11) is 3.10. The van der Waals surface area contributed by atoms with Crippen molar-refractivity contribution < 1.29 is 9.47 Å². The highest BCUT2D eigenvalue weighted by Gasteiger charge is 2.14. The molecular formula is C23H19N3O3S. The molecule has 0 fully saturated rings. The molecule has 150 valence electrons. The van der Waals surface area contributed by atoms with Crippen LogP contribution in [0.2, 0.25) is 0 Å². The van der Waals surface area contributed by atoms with Crippen LogP contribution in [0.15, 0.2) is 41.2 Å². The second kappa shape index (κ2) is 8.69. The van der Waals surface area contributed by atoms with Gasteiger partial charge in [-0.05, 0) is 43.7 Å². The first-order valence-corrected chi connectivity index (χ1v) is 9.83. The van der Waals surface area contributed by atoms with Gasteiger partial charge in [0.05, 0.1) is 24.4 Å². The lowest BCUT2D eigenvalue weighted by Gasteiger charge is -2.07. The van der Waals surface area contributed by atoms with Gasteiger partial charge in [0.1, 0.15) is 28.3 Å². The number of aryl methyl sites for hydroxylation is 2. The number of methoxy groups -OCH3 is 2. The Morgan fingerprint density at radius 3 is 2.40 bits per heavy atom. The van der Waals surface area contributed by atoms with Crippen LogP contribution in [-0.4, -0.2) is 18.8 Å². The molecule has 6 nitrogen and oxygen atoms in total. The Labute approximate surface area is 177 Å². The van der Waals surface area contributed by atoms with Crippen molar-refractivity contribution in [3.63, 3.8) is 0 Å². The van der Waals surface area contributed by atoms with Crippen molar-refractivity contribution in [2.45, 2.75) is 13.8 Å². The van der Waals surface area contributed by atoms with Gasteiger partial charge < -0.3 is 9.47 Å². The lowest BCUT2D eigenvalue weighted by atomic mass is 10.1. The van der Waals surface area contributed by atoms with Gasteiger partial charge in [0.2, 0.25) is 0 Å². The summed E-state index contributed by atoms with van der Waals surface area (Å²) < 4.78 is 12.8. The summed E-state index contributed by atoms with van der Waals surface area (Å²) in [5.74, 6) is 1.18. The third-order valence-electron chi connectivity index (χ3n) is 4.58. The molecule has 0 aliphatic carbocycles. The number of hydrogen-bond acceptors (Lipinski definition) is 6. The maximum atomic E-state index is 13.3. The van der Waals surface area contributed by atoms with Crippen LogP contribution in [0.3, 0.4) is 0 Å². The summed E-state index contributed by atoms with van der Waals surface area (Å²) in [6, 6.07) is 14.8. The number of hydrogen-bond donors (Lipinski definition) is 0. The molecule has 0 saturated heterocycles. The number of aromatic nitrogens is 1. The van der Waals surface area contributed by atoms with Gasteiger partial charge in [0.25, 0.3) is 5.56 Å². The van der Waals surface area contributed by atoms with Gasteiger partial charge >= 0.3 is 0 Å². The molecule has 3 rings (SSSR count). The fourth-order valence-electron chi connectivity index (χ4n) is 3.12. The summed E-state index contributed by atoms with van der Waals surface area (Å²) in [4.78, 5) is 13.3. The summed E-state index contributed by atoms with van der Waals surface area (Å²) in [5.41, 5.74) is 2.84. The topological polar surface area (TPSA) is 88.0 Å². The quantitative estimate of drug-likeness (QED) is 0.651. The van der Waals surface area contributed by atoms with E-state index < -0.39 is 0 Å². The fourth-order valence-corrected chi connectivity index (χ4v) is 4.16. The molecule has 0 unspecified atom stereocenters. The zero-order valence-electron chi connectivity index (χ0n) is 17.0. The molecule has 0 atom stereocenters. The van der Waals surface area contributed by atoms with E-state index in [9.17, 15) is 15.3 Å². The molecule has 3 aromatic rings. The first-order valence-electron chi connectivity index (χ1n) is 9.01. The van der Waals surface area contributed by atoms with Crippen molar-refractivity contribution >= 4 is 23.0 Å². The Kier molecular flexibility index (Phi) is 6.06. The highest BCUT2D eigenvalue weighted by molar-refractivity contribution is 7.07. The molecule has 0 saturated carbocycles. The number of rotatable bonds is 4. The molecule has 7 heteroatoms. The zero-order valence-corrected chi connectivity index (χ0v) is 17.8. The molecular weight excluding hydrogens is 398 g/mol. The van der Waals surface area contributed by atoms with Gasteiger partial charge in [0, 0.05) is 11.6 Å². The van der Waals surface area contributed by atoms with Crippen LogP contribution >= 0.6 is 11.3 Å². The summed E-state index contributed by atoms with van der Waals surface area (Å²) >= 11 is 1.10. The van der Waals surface area contributed by atoms with Crippen molar-refractivity contribution in [1.29, 1.82) is 10.5 Å². The van der Waals surface area contributed by atoms with E-state index in [0.717, 1.165) is 22.5 Å². The first-order chi connectivity index (χ1) is 14.4. The Balaban J connectivity index is 2.40. The van der Waals surface area contributed by atoms with E-state index in [4.69, 9.17) is 9.47 Å². The van der Waals surface area contributed by atoms with Crippen molar-refractivity contribution in [2.75, 3.05) is 14.2 Å². The second-order valence-electron chi connectivity index (χ2n) is 6.55. The summed E-state index contributed by atoms with van der Waals surface area (Å²) in [5, 5.41) is 18.9. The van der Waals surface area contributed by atoms with Crippen LogP contribution < -0.4 is 24.2 Å². The van der Waals surface area contributed by atoms with E-state index in [-0.39, 0.29) is 11.1 Å². The molecule has 0 radical (unpaired) electrons. The maximum Gasteiger partial charge on any atom is 0.273 e. The third kappa shape index (κ3) is 3.84. The molecule has 2 aromatic carbocycles. The minimum atomic E-state index is -0.303. The Hall–Kier alpha value is -3.81. The van der Waals surface area contributed by atoms with Crippen molar-refractivity contribution in [3.8, 4) is 29.3 Å². The Morgan fingerprint density at radius 1 is 1.07 bits per heavy atom. The molecule has 0 aliphatic rings. The lowest BCUT2D eigenvalue weighted by molar-refractivity contribution is 0.393. The van der Waals surface area contributed by atoms with Crippen molar-refractivity contribution in [3.05, 3.63) is 72.6 Å². The normalized spacial score (nSPS) is 10.9. The van der Waals surface area contributed by atoms with Crippen LogP contribution in [-0.2, 0) is 0 Å². The number of thiazole rings is 1. The molecule has 0 aliphatic heterocycles. The van der Waals surface area contributed by atoms with E-state index in [2.05, 4.69) is 0 Å². The first kappa shape index (κ1) is 20.9. The van der Waals surface area contributed by atoms with Crippen LogP contribution in [0.5, 0.6) is 11.5 Å². The van der Waals surface area contributed by atoms with Gasteiger partial charge in [0.15, 0.2) is 5.57 Å². The van der Waals surface area contributed by atoms with Gasteiger partial charge in [-0.2, -0.15) is 10.5 Å². The monoisotopic (exact) mass is 417 g/mol. The maximum absolute atomic E-state index is 13.3. The number of nitriles is 2. The smallest absolute Gasteiger partial charge is 0.273 e. The number of ether oxygens (including phenoxy) is 2. The van der Waals surface area contributed by atoms with E-state index in [0.29, 0.717) is 31.9 Å². The van der Waals surface area contributed by atoms with Gasteiger partial charge in [-0.25, -0.2) is 0 Å². The van der Waals surface area contributed by atoms with Crippen LogP contribution in [0, 0.1) is 36.5 Å². The van der Waals surface area contributed by atoms with Crippen LogP contribution in [0.25, 0.3) is 17.3 Å². The lowest BCUT2D eigenvalue weighted by Crippen LogP contribution is -2.31. The molecule has 30 heavy (non-hydrogen) atoms. The summed E-state index contributed by atoms with van der Waals surface area (Å²) in [6.07, 6.45) is 1.70. The van der Waals surface area contributed by atoms with Crippen molar-refractivity contribution in [1.82, 2.24) is 4.57 Å². The Morgan fingerprint density at radius 2 is 1.80 bits per heavy atom. The fraction of sp³-hybridized carbons (Fsp3) is 0.174. The zero-order chi connectivity index (χ0) is 21.8. The van der Waals surface area contributed by atoms with Crippen molar-refractivity contribution in [2.24, 2.45) is 0 Å². The molecule has 0 amide bonds. The third-order valence-corrected chi connectivity index (χ3v) is 5.67. The van der Waals surface area contributed by atoms with Gasteiger partial charge in [-0.1, -0.05) is 17.7 Å². The van der Waals surface area contributed by atoms with E-state index in [1.54, 1.807) is 31.4 Å². The predicted molar refractivity (Wildman–Crippen MR) is 116 cm³/mol. The van der Waals surface area contributed by atoms with Crippen LogP contribution in [0.4, 0.5) is 0 Å². The number of benzene rings is 2. The predicted octanol–water partition coefficient (Wildman–Crippen LogP) is 2.56. The molecule has 0 bridgehead atoms. The average Bonchev–Trinajstić information content (AvgIpc) is 3.05.